The summed E-state index contributed by atoms with van der Waals surface area (Å²) in [4.78, 5) is 33.7. The van der Waals surface area contributed by atoms with Gasteiger partial charge in [-0.1, -0.05) is 54.6 Å². The Hall–Kier alpha value is -3.26. The summed E-state index contributed by atoms with van der Waals surface area (Å²) in [5.41, 5.74) is 1.85. The summed E-state index contributed by atoms with van der Waals surface area (Å²) in [6, 6.07) is 15.9. The van der Waals surface area contributed by atoms with Crippen LogP contribution in [-0.2, 0) is 27.3 Å². The maximum atomic E-state index is 12.8. The lowest BCUT2D eigenvalue weighted by atomic mass is 10.0. The minimum atomic E-state index is -0.901. The largest absolute Gasteiger partial charge is 0.458 e. The number of carbonyl (C=O) groups is 2. The van der Waals surface area contributed by atoms with Gasteiger partial charge in [-0.2, -0.15) is 0 Å². The average Bonchev–Trinajstić information content (AvgIpc) is 2.78. The van der Waals surface area contributed by atoms with E-state index in [0.29, 0.717) is 5.82 Å². The zero-order valence-electron chi connectivity index (χ0n) is 18.7. The fourth-order valence-electron chi connectivity index (χ4n) is 2.96. The first-order chi connectivity index (χ1) is 15.7. The fourth-order valence-corrected chi connectivity index (χ4v) is 3.16. The van der Waals surface area contributed by atoms with Gasteiger partial charge in [0.05, 0.1) is 4.47 Å². The van der Waals surface area contributed by atoms with Crippen LogP contribution in [0.25, 0.3) is 11.4 Å². The van der Waals surface area contributed by atoms with Crippen molar-refractivity contribution in [3.05, 3.63) is 82.6 Å². The maximum Gasteiger partial charge on any atom is 0.408 e. The first-order valence-corrected chi connectivity index (χ1v) is 11.3. The van der Waals surface area contributed by atoms with Crippen molar-refractivity contribution in [1.29, 1.82) is 0 Å². The third kappa shape index (κ3) is 7.98. The highest BCUT2D eigenvalue weighted by Gasteiger charge is 2.27. The van der Waals surface area contributed by atoms with Crippen LogP contribution in [0.1, 0.15) is 31.9 Å². The third-order valence-corrected chi connectivity index (χ3v) is 4.88. The molecular weight excluding hydrogens is 486 g/mol. The van der Waals surface area contributed by atoms with Gasteiger partial charge in [-0.15, -0.1) is 0 Å². The van der Waals surface area contributed by atoms with E-state index >= 15 is 0 Å². The highest BCUT2D eigenvalue weighted by molar-refractivity contribution is 9.10. The zero-order valence-corrected chi connectivity index (χ0v) is 20.3. The zero-order chi connectivity index (χ0) is 23.8. The van der Waals surface area contributed by atoms with Crippen LogP contribution < -0.4 is 5.32 Å². The standard InChI is InChI=1S/C25H26BrN3O4/c1-25(2,3)33-23(30)21(29-24(31)32-16-18-7-5-4-6-8-18)13-17-9-11-19(12-10-17)22-27-14-20(26)15-28-22/h4-12,14-15,21H,13,16H2,1-3H3,(H,29,31). The van der Waals surface area contributed by atoms with Gasteiger partial charge in [0.15, 0.2) is 5.82 Å². The van der Waals surface area contributed by atoms with Crippen LogP contribution in [0.4, 0.5) is 4.79 Å². The Morgan fingerprint density at radius 2 is 1.61 bits per heavy atom. The number of halogens is 1. The molecule has 1 atom stereocenters. The van der Waals surface area contributed by atoms with Gasteiger partial charge in [-0.05, 0) is 47.8 Å². The van der Waals surface area contributed by atoms with Gasteiger partial charge in [-0.25, -0.2) is 19.6 Å². The van der Waals surface area contributed by atoms with Crippen LogP contribution in [0.3, 0.4) is 0 Å². The Kier molecular flexibility index (Phi) is 8.16. The van der Waals surface area contributed by atoms with E-state index in [1.807, 2.05) is 54.6 Å². The van der Waals surface area contributed by atoms with Crippen molar-refractivity contribution in [3.8, 4) is 11.4 Å². The number of nitrogens with one attached hydrogen (secondary N) is 1. The number of alkyl carbamates (subject to hydrolysis) is 1. The number of rotatable bonds is 7. The van der Waals surface area contributed by atoms with Crippen molar-refractivity contribution in [3.63, 3.8) is 0 Å². The highest BCUT2D eigenvalue weighted by Crippen LogP contribution is 2.18. The Morgan fingerprint density at radius 3 is 2.21 bits per heavy atom. The second-order valence-corrected chi connectivity index (χ2v) is 9.33. The van der Waals surface area contributed by atoms with Gasteiger partial charge in [0.1, 0.15) is 18.2 Å². The normalized spacial score (nSPS) is 12.0. The van der Waals surface area contributed by atoms with Crippen molar-refractivity contribution in [2.24, 2.45) is 0 Å². The molecule has 3 aromatic rings. The van der Waals surface area contributed by atoms with E-state index in [0.717, 1.165) is 21.2 Å². The Labute approximate surface area is 201 Å². The Bertz CT molecular complexity index is 1070. The van der Waals surface area contributed by atoms with E-state index in [1.54, 1.807) is 33.2 Å². The van der Waals surface area contributed by atoms with Gasteiger partial charge in [0, 0.05) is 24.4 Å². The molecule has 0 aliphatic heterocycles. The number of benzene rings is 2. The van der Waals surface area contributed by atoms with Crippen molar-refractivity contribution in [1.82, 2.24) is 15.3 Å². The summed E-state index contributed by atoms with van der Waals surface area (Å²) in [6.45, 7) is 5.45. The first-order valence-electron chi connectivity index (χ1n) is 10.5. The topological polar surface area (TPSA) is 90.4 Å². The van der Waals surface area contributed by atoms with Crippen LogP contribution in [0.2, 0.25) is 0 Å². The molecule has 0 saturated heterocycles. The predicted molar refractivity (Wildman–Crippen MR) is 128 cm³/mol. The summed E-state index contributed by atoms with van der Waals surface area (Å²) < 4.78 is 11.6. The van der Waals surface area contributed by atoms with Crippen LogP contribution in [0, 0.1) is 0 Å². The molecule has 0 saturated carbocycles. The third-order valence-electron chi connectivity index (χ3n) is 4.47. The van der Waals surface area contributed by atoms with Gasteiger partial charge in [-0.3, -0.25) is 0 Å². The molecule has 1 aromatic heterocycles. The molecule has 0 spiro atoms. The van der Waals surface area contributed by atoms with Crippen molar-refractivity contribution < 1.29 is 19.1 Å². The maximum absolute atomic E-state index is 12.8. The monoisotopic (exact) mass is 511 g/mol. The van der Waals surface area contributed by atoms with Crippen LogP contribution >= 0.6 is 15.9 Å². The van der Waals surface area contributed by atoms with Gasteiger partial charge < -0.3 is 14.8 Å². The molecule has 0 fully saturated rings. The highest BCUT2D eigenvalue weighted by atomic mass is 79.9. The van der Waals surface area contributed by atoms with Crippen LogP contribution in [-0.4, -0.2) is 33.7 Å². The second-order valence-electron chi connectivity index (χ2n) is 8.42. The summed E-state index contributed by atoms with van der Waals surface area (Å²) >= 11 is 3.32. The van der Waals surface area contributed by atoms with Gasteiger partial charge in [0.2, 0.25) is 0 Å². The average molecular weight is 512 g/mol. The van der Waals surface area contributed by atoms with E-state index in [9.17, 15) is 9.59 Å². The lowest BCUT2D eigenvalue weighted by Gasteiger charge is -2.24. The Balaban J connectivity index is 1.68. The van der Waals surface area contributed by atoms with Crippen molar-refractivity contribution in [2.75, 3.05) is 0 Å². The molecule has 1 unspecified atom stereocenters. The SMILES string of the molecule is CC(C)(C)OC(=O)C(Cc1ccc(-c2ncc(Br)cn2)cc1)NC(=O)OCc1ccccc1. The summed E-state index contributed by atoms with van der Waals surface area (Å²) in [7, 11) is 0. The van der Waals surface area contributed by atoms with E-state index in [2.05, 4.69) is 31.2 Å². The quantitative estimate of drug-likeness (QED) is 0.444. The van der Waals surface area contributed by atoms with Crippen molar-refractivity contribution >= 4 is 28.0 Å². The molecule has 0 radical (unpaired) electrons. The molecule has 0 aliphatic rings. The second kappa shape index (κ2) is 11.0. The fraction of sp³-hybridized carbons (Fsp3) is 0.280. The molecule has 0 bridgehead atoms. The molecule has 33 heavy (non-hydrogen) atoms. The minimum Gasteiger partial charge on any atom is -0.458 e. The molecule has 8 heteroatoms. The number of carbonyl (C=O) groups excluding carboxylic acids is 2. The van der Waals surface area contributed by atoms with E-state index in [-0.39, 0.29) is 13.0 Å². The number of aromatic nitrogens is 2. The lowest BCUT2D eigenvalue weighted by Crippen LogP contribution is -2.45. The molecule has 1 amide bonds. The summed E-state index contributed by atoms with van der Waals surface area (Å²) in [5, 5.41) is 2.65. The number of hydrogen-bond donors (Lipinski definition) is 1. The number of ether oxygens (including phenoxy) is 2. The number of nitrogens with zero attached hydrogens (tertiary/aromatic N) is 2. The molecule has 1 N–H and O–H groups in total. The Morgan fingerprint density at radius 1 is 0.970 bits per heavy atom. The molecular formula is C25H26BrN3O4. The summed E-state index contributed by atoms with van der Waals surface area (Å²) in [6.07, 6.45) is 2.92. The van der Waals surface area contributed by atoms with Crippen LogP contribution in [0.15, 0.2) is 71.5 Å². The molecule has 0 aliphatic carbocycles. The first kappa shape index (κ1) is 24.4. The molecule has 3 rings (SSSR count). The molecule has 2 aromatic carbocycles. The van der Waals surface area contributed by atoms with E-state index in [1.165, 1.54) is 0 Å². The minimum absolute atomic E-state index is 0.107. The summed E-state index contributed by atoms with van der Waals surface area (Å²) in [5.74, 6) is 0.0653. The van der Waals surface area contributed by atoms with Gasteiger partial charge >= 0.3 is 12.1 Å². The smallest absolute Gasteiger partial charge is 0.408 e. The number of hydrogen-bond acceptors (Lipinski definition) is 6. The van der Waals surface area contributed by atoms with E-state index < -0.39 is 23.7 Å². The molecule has 7 nitrogen and oxygen atoms in total. The van der Waals surface area contributed by atoms with Crippen molar-refractivity contribution in [2.45, 2.75) is 45.4 Å². The number of esters is 1. The lowest BCUT2D eigenvalue weighted by molar-refractivity contribution is -0.157. The molecule has 1 heterocycles. The number of amides is 1. The predicted octanol–water partition coefficient (Wildman–Crippen LogP) is 5.09. The molecule has 172 valence electrons. The van der Waals surface area contributed by atoms with Gasteiger partial charge in [0.25, 0.3) is 0 Å². The van der Waals surface area contributed by atoms with Crippen LogP contribution in [0.5, 0.6) is 0 Å². The van der Waals surface area contributed by atoms with E-state index in [4.69, 9.17) is 9.47 Å².